The Bertz CT molecular complexity index is 857. The molecule has 2 aromatic rings. The molecule has 1 heterocycles. The second-order valence-corrected chi connectivity index (χ2v) is 6.06. The summed E-state index contributed by atoms with van der Waals surface area (Å²) in [6.07, 6.45) is -5.12. The summed E-state index contributed by atoms with van der Waals surface area (Å²) in [6.45, 7) is 1.83. The van der Waals surface area contributed by atoms with Gasteiger partial charge in [-0.2, -0.15) is 0 Å². The van der Waals surface area contributed by atoms with E-state index in [1.165, 1.54) is 24.3 Å². The van der Waals surface area contributed by atoms with E-state index in [0.717, 1.165) is 0 Å². The SMILES string of the molecule is O=C(Oc1cc(F)c(OC(F)(F)F)c(F)c1)c1ccc(OCCOCC2CO2)cc1. The number of epoxide rings is 1. The van der Waals surface area contributed by atoms with Crippen LogP contribution in [0.5, 0.6) is 17.2 Å². The Balaban J connectivity index is 1.53. The van der Waals surface area contributed by atoms with Crippen molar-refractivity contribution in [2.45, 2.75) is 12.5 Å². The van der Waals surface area contributed by atoms with Crippen LogP contribution in [0.1, 0.15) is 10.4 Å². The summed E-state index contributed by atoms with van der Waals surface area (Å²) in [6, 6.07) is 6.47. The van der Waals surface area contributed by atoms with Gasteiger partial charge in [-0.05, 0) is 24.3 Å². The van der Waals surface area contributed by atoms with E-state index in [-0.39, 0.29) is 18.3 Å². The van der Waals surface area contributed by atoms with Crippen molar-refractivity contribution >= 4 is 5.97 Å². The number of hydrogen-bond donors (Lipinski definition) is 0. The highest BCUT2D eigenvalue weighted by atomic mass is 19.4. The van der Waals surface area contributed by atoms with Crippen molar-refractivity contribution in [3.05, 3.63) is 53.6 Å². The van der Waals surface area contributed by atoms with Gasteiger partial charge in [-0.3, -0.25) is 0 Å². The van der Waals surface area contributed by atoms with Gasteiger partial charge in [-0.1, -0.05) is 0 Å². The van der Waals surface area contributed by atoms with Crippen LogP contribution in [0.3, 0.4) is 0 Å². The van der Waals surface area contributed by atoms with Crippen LogP contribution in [0.25, 0.3) is 0 Å². The smallest absolute Gasteiger partial charge is 0.491 e. The largest absolute Gasteiger partial charge is 0.573 e. The highest BCUT2D eigenvalue weighted by Gasteiger charge is 2.34. The van der Waals surface area contributed by atoms with Crippen molar-refractivity contribution in [2.75, 3.05) is 26.4 Å². The van der Waals surface area contributed by atoms with Gasteiger partial charge in [0.2, 0.25) is 5.75 Å². The molecule has 162 valence electrons. The van der Waals surface area contributed by atoms with E-state index in [0.29, 0.717) is 37.7 Å². The molecule has 0 spiro atoms. The molecule has 0 aromatic heterocycles. The van der Waals surface area contributed by atoms with Crippen LogP contribution in [0.2, 0.25) is 0 Å². The molecule has 30 heavy (non-hydrogen) atoms. The number of benzene rings is 2. The van der Waals surface area contributed by atoms with E-state index in [1.54, 1.807) is 0 Å². The molecule has 3 rings (SSSR count). The number of hydrogen-bond acceptors (Lipinski definition) is 6. The third-order valence-electron chi connectivity index (χ3n) is 3.69. The second-order valence-electron chi connectivity index (χ2n) is 6.06. The Hall–Kier alpha value is -2.92. The zero-order valence-corrected chi connectivity index (χ0v) is 15.2. The fourth-order valence-corrected chi connectivity index (χ4v) is 2.26. The Kier molecular flexibility index (Phi) is 6.73. The van der Waals surface area contributed by atoms with Crippen molar-refractivity contribution in [3.8, 4) is 17.2 Å². The van der Waals surface area contributed by atoms with Gasteiger partial charge in [-0.25, -0.2) is 13.6 Å². The summed E-state index contributed by atoms with van der Waals surface area (Å²) in [5, 5.41) is 0. The van der Waals surface area contributed by atoms with Crippen LogP contribution in [-0.4, -0.2) is 44.9 Å². The minimum absolute atomic E-state index is 0.0286. The average molecular weight is 434 g/mol. The standard InChI is InChI=1S/C19H15F5O6/c20-15-7-13(8-16(21)17(15)30-19(22,23)24)29-18(25)11-1-3-12(4-2-11)27-6-5-26-9-14-10-28-14/h1-4,7-8,14H,5-6,9-10H2. The third-order valence-corrected chi connectivity index (χ3v) is 3.69. The van der Waals surface area contributed by atoms with Gasteiger partial charge in [0.25, 0.3) is 0 Å². The molecule has 2 aromatic carbocycles. The molecule has 1 fully saturated rings. The maximum absolute atomic E-state index is 13.7. The van der Waals surface area contributed by atoms with Crippen molar-refractivity contribution in [1.29, 1.82) is 0 Å². The van der Waals surface area contributed by atoms with Gasteiger partial charge in [0.15, 0.2) is 11.6 Å². The van der Waals surface area contributed by atoms with Crippen molar-refractivity contribution < 1.29 is 50.4 Å². The van der Waals surface area contributed by atoms with E-state index in [2.05, 4.69) is 4.74 Å². The highest BCUT2D eigenvalue weighted by Crippen LogP contribution is 2.31. The lowest BCUT2D eigenvalue weighted by molar-refractivity contribution is -0.276. The molecule has 0 radical (unpaired) electrons. The normalized spacial score (nSPS) is 15.6. The number of carbonyl (C=O) groups is 1. The maximum atomic E-state index is 13.7. The van der Waals surface area contributed by atoms with Crippen LogP contribution in [0, 0.1) is 11.6 Å². The van der Waals surface area contributed by atoms with E-state index < -0.39 is 35.5 Å². The molecule has 1 aliphatic heterocycles. The summed E-state index contributed by atoms with van der Waals surface area (Å²) in [5.74, 6) is -6.14. The summed E-state index contributed by atoms with van der Waals surface area (Å²) in [4.78, 5) is 12.1. The minimum Gasteiger partial charge on any atom is -0.491 e. The molecule has 0 bridgehead atoms. The number of ether oxygens (including phenoxy) is 5. The molecule has 1 unspecified atom stereocenters. The van der Waals surface area contributed by atoms with Crippen molar-refractivity contribution in [1.82, 2.24) is 0 Å². The van der Waals surface area contributed by atoms with Crippen LogP contribution in [0.15, 0.2) is 36.4 Å². The van der Waals surface area contributed by atoms with Crippen LogP contribution in [-0.2, 0) is 9.47 Å². The van der Waals surface area contributed by atoms with Crippen LogP contribution >= 0.6 is 0 Å². The maximum Gasteiger partial charge on any atom is 0.573 e. The lowest BCUT2D eigenvalue weighted by Crippen LogP contribution is -2.19. The number of esters is 1. The quantitative estimate of drug-likeness (QED) is 0.196. The first kappa shape index (κ1) is 21.8. The van der Waals surface area contributed by atoms with Gasteiger partial charge < -0.3 is 23.7 Å². The lowest BCUT2D eigenvalue weighted by Gasteiger charge is -2.12. The zero-order chi connectivity index (χ0) is 21.7. The highest BCUT2D eigenvalue weighted by molar-refractivity contribution is 5.91. The van der Waals surface area contributed by atoms with Gasteiger partial charge in [0.1, 0.15) is 24.2 Å². The molecule has 0 amide bonds. The van der Waals surface area contributed by atoms with E-state index in [1.807, 2.05) is 0 Å². The summed E-state index contributed by atoms with van der Waals surface area (Å²) < 4.78 is 87.6. The average Bonchev–Trinajstić information content (AvgIpc) is 3.48. The number of alkyl halides is 3. The summed E-state index contributed by atoms with van der Waals surface area (Å²) >= 11 is 0. The van der Waals surface area contributed by atoms with Crippen LogP contribution < -0.4 is 14.2 Å². The predicted molar refractivity (Wildman–Crippen MR) is 90.5 cm³/mol. The Morgan fingerprint density at radius 3 is 2.23 bits per heavy atom. The number of rotatable bonds is 9. The molecular formula is C19H15F5O6. The molecule has 1 atom stereocenters. The number of halogens is 5. The third kappa shape index (κ3) is 6.56. The lowest BCUT2D eigenvalue weighted by atomic mass is 10.2. The Labute approximate surface area is 167 Å². The molecule has 0 aliphatic carbocycles. The molecule has 0 saturated carbocycles. The first-order chi connectivity index (χ1) is 14.2. The molecule has 1 saturated heterocycles. The number of carbonyl (C=O) groups excluding carboxylic acids is 1. The second kappa shape index (κ2) is 9.26. The van der Waals surface area contributed by atoms with E-state index in [9.17, 15) is 26.7 Å². The van der Waals surface area contributed by atoms with E-state index in [4.69, 9.17) is 18.9 Å². The fourth-order valence-electron chi connectivity index (χ4n) is 2.26. The fraction of sp³-hybridized carbons (Fsp3) is 0.316. The first-order valence-corrected chi connectivity index (χ1v) is 8.60. The van der Waals surface area contributed by atoms with Gasteiger partial charge >= 0.3 is 12.3 Å². The monoisotopic (exact) mass is 434 g/mol. The molecule has 0 N–H and O–H groups in total. The van der Waals surface area contributed by atoms with Crippen LogP contribution in [0.4, 0.5) is 22.0 Å². The minimum atomic E-state index is -5.28. The first-order valence-electron chi connectivity index (χ1n) is 8.60. The Morgan fingerprint density at radius 2 is 1.67 bits per heavy atom. The Morgan fingerprint density at radius 1 is 1.03 bits per heavy atom. The molecule has 1 aliphatic rings. The van der Waals surface area contributed by atoms with Crippen molar-refractivity contribution in [3.63, 3.8) is 0 Å². The molecular weight excluding hydrogens is 419 g/mol. The van der Waals surface area contributed by atoms with E-state index >= 15 is 0 Å². The summed E-state index contributed by atoms with van der Waals surface area (Å²) in [5.41, 5.74) is 0.0286. The van der Waals surface area contributed by atoms with Gasteiger partial charge in [0.05, 0.1) is 25.4 Å². The topological polar surface area (TPSA) is 66.5 Å². The van der Waals surface area contributed by atoms with Gasteiger partial charge in [0, 0.05) is 12.1 Å². The zero-order valence-electron chi connectivity index (χ0n) is 15.2. The van der Waals surface area contributed by atoms with Crippen molar-refractivity contribution in [2.24, 2.45) is 0 Å². The molecule has 11 heteroatoms. The van der Waals surface area contributed by atoms with Gasteiger partial charge in [-0.15, -0.1) is 13.2 Å². The predicted octanol–water partition coefficient (Wildman–Crippen LogP) is 3.88. The molecule has 6 nitrogen and oxygen atoms in total. The summed E-state index contributed by atoms with van der Waals surface area (Å²) in [7, 11) is 0.